The number of carbonyl (C=O) groups is 3. The molecule has 0 fully saturated rings. The number of methoxy groups -OCH3 is 3. The van der Waals surface area contributed by atoms with Crippen molar-refractivity contribution >= 4 is 17.9 Å². The summed E-state index contributed by atoms with van der Waals surface area (Å²) in [6.07, 6.45) is 2.28. The molecule has 0 saturated heterocycles. The van der Waals surface area contributed by atoms with E-state index in [1.807, 2.05) is 36.4 Å². The highest BCUT2D eigenvalue weighted by Gasteiger charge is 2.60. The Kier molecular flexibility index (Phi) is 7.43. The maximum absolute atomic E-state index is 13.4. The van der Waals surface area contributed by atoms with E-state index in [0.29, 0.717) is 18.5 Å². The van der Waals surface area contributed by atoms with Crippen LogP contribution in [0.25, 0.3) is 0 Å². The lowest BCUT2D eigenvalue weighted by Gasteiger charge is -2.45. The van der Waals surface area contributed by atoms with Gasteiger partial charge in [0.1, 0.15) is 5.92 Å². The molecule has 1 atom stereocenters. The van der Waals surface area contributed by atoms with Gasteiger partial charge in [-0.15, -0.1) is 0 Å². The Balaban J connectivity index is 2.23. The number of ether oxygens (including phenoxy) is 3. The van der Waals surface area contributed by atoms with Gasteiger partial charge in [0.05, 0.1) is 21.3 Å². The standard InChI is InChI=1S/C25H27NO6/c1-30-22(27)21(19-13-8-5-9-14-19)20-15-10-16-26(17-18-11-6-4-7-12-18)25(20,23(28)31-2)24(29)32-3/h4-9,11-15,21H,10,16-17H2,1-3H3. The summed E-state index contributed by atoms with van der Waals surface area (Å²) in [4.78, 5) is 41.5. The van der Waals surface area contributed by atoms with E-state index >= 15 is 0 Å². The van der Waals surface area contributed by atoms with E-state index in [9.17, 15) is 14.4 Å². The molecule has 0 aliphatic carbocycles. The number of rotatable bonds is 7. The van der Waals surface area contributed by atoms with Gasteiger partial charge in [-0.3, -0.25) is 9.69 Å². The summed E-state index contributed by atoms with van der Waals surface area (Å²) in [6.45, 7) is 0.677. The predicted octanol–water partition coefficient (Wildman–Crippen LogP) is 2.86. The van der Waals surface area contributed by atoms with Crippen molar-refractivity contribution in [1.82, 2.24) is 4.90 Å². The van der Waals surface area contributed by atoms with E-state index in [1.54, 1.807) is 35.2 Å². The minimum atomic E-state index is -1.94. The lowest BCUT2D eigenvalue weighted by molar-refractivity contribution is -0.170. The molecule has 2 aromatic rings. The minimum absolute atomic E-state index is 0.274. The van der Waals surface area contributed by atoms with Crippen LogP contribution in [0, 0.1) is 0 Å². The quantitative estimate of drug-likeness (QED) is 0.285. The van der Waals surface area contributed by atoms with Crippen LogP contribution in [0.15, 0.2) is 72.3 Å². The fourth-order valence-electron chi connectivity index (χ4n) is 4.28. The van der Waals surface area contributed by atoms with Gasteiger partial charge in [-0.25, -0.2) is 9.59 Å². The number of carbonyl (C=O) groups excluding carboxylic acids is 3. The van der Waals surface area contributed by atoms with E-state index < -0.39 is 29.4 Å². The Hall–Kier alpha value is -3.45. The van der Waals surface area contributed by atoms with E-state index in [4.69, 9.17) is 14.2 Å². The molecule has 0 bridgehead atoms. The SMILES string of the molecule is COC(=O)C(C1=CCCN(Cc2ccccc2)C1(C(=O)OC)C(=O)OC)c1ccccc1. The third-order valence-electron chi connectivity index (χ3n) is 5.71. The summed E-state index contributed by atoms with van der Waals surface area (Å²) in [5, 5.41) is 0. The average Bonchev–Trinajstić information content (AvgIpc) is 2.84. The Morgan fingerprint density at radius 3 is 1.97 bits per heavy atom. The molecule has 0 saturated carbocycles. The van der Waals surface area contributed by atoms with E-state index in [-0.39, 0.29) is 12.1 Å². The number of hydrogen-bond donors (Lipinski definition) is 0. The van der Waals surface area contributed by atoms with Crippen molar-refractivity contribution in [3.63, 3.8) is 0 Å². The third kappa shape index (κ3) is 4.16. The summed E-state index contributed by atoms with van der Waals surface area (Å²) in [7, 11) is 3.71. The van der Waals surface area contributed by atoms with Gasteiger partial charge in [0.15, 0.2) is 0 Å². The van der Waals surface area contributed by atoms with Crippen LogP contribution in [0.3, 0.4) is 0 Å². The molecule has 2 aromatic carbocycles. The van der Waals surface area contributed by atoms with Crippen LogP contribution >= 0.6 is 0 Å². The molecule has 0 amide bonds. The smallest absolute Gasteiger partial charge is 0.342 e. The fraction of sp³-hybridized carbons (Fsp3) is 0.320. The molecule has 0 aromatic heterocycles. The zero-order chi connectivity index (χ0) is 23.1. The molecule has 0 spiro atoms. The second kappa shape index (κ2) is 10.2. The van der Waals surface area contributed by atoms with Crippen LogP contribution < -0.4 is 0 Å². The first kappa shape index (κ1) is 23.2. The summed E-state index contributed by atoms with van der Waals surface area (Å²) in [5.74, 6) is -3.19. The molecule has 1 unspecified atom stereocenters. The van der Waals surface area contributed by atoms with Crippen LogP contribution in [0.2, 0.25) is 0 Å². The van der Waals surface area contributed by atoms with Crippen molar-refractivity contribution in [3.8, 4) is 0 Å². The molecule has 1 aliphatic heterocycles. The summed E-state index contributed by atoms with van der Waals surface area (Å²) in [6, 6.07) is 18.4. The number of nitrogens with zero attached hydrogens (tertiary/aromatic N) is 1. The molecule has 1 aliphatic rings. The highest BCUT2D eigenvalue weighted by Crippen LogP contribution is 2.42. The molecule has 0 N–H and O–H groups in total. The predicted molar refractivity (Wildman–Crippen MR) is 118 cm³/mol. The second-order valence-electron chi connectivity index (χ2n) is 7.42. The maximum atomic E-state index is 13.4. The van der Waals surface area contributed by atoms with Crippen LogP contribution in [-0.2, 0) is 35.1 Å². The number of hydrogen-bond acceptors (Lipinski definition) is 7. The lowest BCUT2D eigenvalue weighted by atomic mass is 9.74. The van der Waals surface area contributed by atoms with Crippen LogP contribution in [0.1, 0.15) is 23.5 Å². The minimum Gasteiger partial charge on any atom is -0.468 e. The van der Waals surface area contributed by atoms with Crippen LogP contribution in [0.5, 0.6) is 0 Å². The topological polar surface area (TPSA) is 82.1 Å². The Labute approximate surface area is 187 Å². The molecular weight excluding hydrogens is 410 g/mol. The largest absolute Gasteiger partial charge is 0.468 e. The average molecular weight is 437 g/mol. The molecular formula is C25H27NO6. The van der Waals surface area contributed by atoms with Gasteiger partial charge in [-0.2, -0.15) is 0 Å². The highest BCUT2D eigenvalue weighted by atomic mass is 16.5. The van der Waals surface area contributed by atoms with Crippen molar-refractivity contribution in [2.75, 3.05) is 27.9 Å². The highest BCUT2D eigenvalue weighted by molar-refractivity contribution is 6.10. The first-order valence-corrected chi connectivity index (χ1v) is 10.3. The first-order valence-electron chi connectivity index (χ1n) is 10.3. The monoisotopic (exact) mass is 437 g/mol. The summed E-state index contributed by atoms with van der Waals surface area (Å²) in [5.41, 5.74) is -0.159. The maximum Gasteiger partial charge on any atom is 0.342 e. The van der Waals surface area contributed by atoms with Crippen molar-refractivity contribution in [2.24, 2.45) is 0 Å². The third-order valence-corrected chi connectivity index (χ3v) is 5.71. The van der Waals surface area contributed by atoms with E-state index in [2.05, 4.69) is 0 Å². The molecule has 7 heteroatoms. The summed E-state index contributed by atoms with van der Waals surface area (Å²) < 4.78 is 15.4. The van der Waals surface area contributed by atoms with E-state index in [1.165, 1.54) is 21.3 Å². The van der Waals surface area contributed by atoms with Gasteiger partial charge < -0.3 is 14.2 Å². The van der Waals surface area contributed by atoms with Gasteiger partial charge in [0.2, 0.25) is 5.54 Å². The Bertz CT molecular complexity index is 970. The second-order valence-corrected chi connectivity index (χ2v) is 7.42. The van der Waals surface area contributed by atoms with Gasteiger partial charge in [0, 0.05) is 13.1 Å². The normalized spacial score (nSPS) is 16.4. The zero-order valence-corrected chi connectivity index (χ0v) is 18.4. The van der Waals surface area contributed by atoms with Gasteiger partial charge in [-0.05, 0) is 23.1 Å². The van der Waals surface area contributed by atoms with Gasteiger partial charge in [0.25, 0.3) is 0 Å². The molecule has 32 heavy (non-hydrogen) atoms. The first-order chi connectivity index (χ1) is 15.5. The molecule has 3 rings (SSSR count). The fourth-order valence-corrected chi connectivity index (χ4v) is 4.28. The van der Waals surface area contributed by atoms with Gasteiger partial charge in [-0.1, -0.05) is 66.7 Å². The lowest BCUT2D eigenvalue weighted by Crippen LogP contribution is -2.64. The molecule has 7 nitrogen and oxygen atoms in total. The van der Waals surface area contributed by atoms with Gasteiger partial charge >= 0.3 is 17.9 Å². The van der Waals surface area contributed by atoms with Crippen LogP contribution in [0.4, 0.5) is 0 Å². The molecule has 1 heterocycles. The van der Waals surface area contributed by atoms with Crippen molar-refractivity contribution in [3.05, 3.63) is 83.4 Å². The Morgan fingerprint density at radius 2 is 1.44 bits per heavy atom. The number of esters is 3. The van der Waals surface area contributed by atoms with Crippen LogP contribution in [-0.4, -0.2) is 56.2 Å². The zero-order valence-electron chi connectivity index (χ0n) is 18.4. The molecule has 168 valence electrons. The van der Waals surface area contributed by atoms with Crippen molar-refractivity contribution in [1.29, 1.82) is 0 Å². The Morgan fingerprint density at radius 1 is 0.875 bits per heavy atom. The van der Waals surface area contributed by atoms with Crippen molar-refractivity contribution in [2.45, 2.75) is 24.4 Å². The van der Waals surface area contributed by atoms with Crippen molar-refractivity contribution < 1.29 is 28.6 Å². The summed E-state index contributed by atoms with van der Waals surface area (Å²) >= 11 is 0. The van der Waals surface area contributed by atoms with E-state index in [0.717, 1.165) is 5.56 Å². The molecule has 0 radical (unpaired) electrons. The number of benzene rings is 2.